The first-order chi connectivity index (χ1) is 12.5. The van der Waals surface area contributed by atoms with Crippen molar-refractivity contribution in [3.8, 4) is 11.8 Å². The van der Waals surface area contributed by atoms with Gasteiger partial charge in [0.05, 0.1) is 17.1 Å². The number of rotatable bonds is 4. The van der Waals surface area contributed by atoms with E-state index in [1.165, 1.54) is 0 Å². The number of carbonyl (C=O) groups excluding carboxylic acids is 1. The molecule has 2 N–H and O–H groups in total. The second-order valence-corrected chi connectivity index (χ2v) is 6.54. The lowest BCUT2D eigenvalue weighted by Gasteiger charge is -2.35. The zero-order valence-electron chi connectivity index (χ0n) is 14.2. The van der Waals surface area contributed by atoms with E-state index >= 15 is 0 Å². The van der Waals surface area contributed by atoms with Gasteiger partial charge >= 0.3 is 0 Å². The van der Waals surface area contributed by atoms with E-state index in [0.717, 1.165) is 31.9 Å². The number of phenols is 1. The fraction of sp³-hybridized carbons (Fsp3) is 0.263. The topological polar surface area (TPSA) is 79.6 Å². The number of hydrogen-bond acceptors (Lipinski definition) is 5. The standard InChI is InChI=1S/C19H19ClN4O2/c20-18-11-15(2-1-14(18)12-21)22-19(26)13-23-7-9-24(10-8-23)16-3-5-17(25)6-4-16/h1-6,11,25H,7-10,13H2,(H,22,26). The Morgan fingerprint density at radius 3 is 2.46 bits per heavy atom. The van der Waals surface area contributed by atoms with Gasteiger partial charge in [-0.3, -0.25) is 9.69 Å². The number of hydrogen-bond donors (Lipinski definition) is 2. The van der Waals surface area contributed by atoms with Crippen molar-refractivity contribution in [2.75, 3.05) is 42.9 Å². The highest BCUT2D eigenvalue weighted by atomic mass is 35.5. The molecule has 1 aliphatic heterocycles. The van der Waals surface area contributed by atoms with Crippen molar-refractivity contribution in [3.05, 3.63) is 53.1 Å². The lowest BCUT2D eigenvalue weighted by Crippen LogP contribution is -2.48. The van der Waals surface area contributed by atoms with E-state index in [0.29, 0.717) is 22.8 Å². The summed E-state index contributed by atoms with van der Waals surface area (Å²) in [6.45, 7) is 3.51. The summed E-state index contributed by atoms with van der Waals surface area (Å²) >= 11 is 5.98. The molecule has 2 aromatic rings. The normalized spacial score (nSPS) is 14.7. The number of nitrogens with zero attached hydrogens (tertiary/aromatic N) is 3. The molecule has 1 saturated heterocycles. The molecule has 1 heterocycles. The highest BCUT2D eigenvalue weighted by molar-refractivity contribution is 6.32. The number of carbonyl (C=O) groups is 1. The molecular weight excluding hydrogens is 352 g/mol. The third kappa shape index (κ3) is 4.45. The summed E-state index contributed by atoms with van der Waals surface area (Å²) in [5.74, 6) is 0.149. The van der Waals surface area contributed by atoms with Crippen LogP contribution in [0.25, 0.3) is 0 Å². The zero-order chi connectivity index (χ0) is 18.5. The molecule has 3 rings (SSSR count). The predicted molar refractivity (Wildman–Crippen MR) is 102 cm³/mol. The number of piperazine rings is 1. The Kier molecular flexibility index (Phi) is 5.61. The summed E-state index contributed by atoms with van der Waals surface area (Å²) in [5, 5.41) is 21.4. The fourth-order valence-electron chi connectivity index (χ4n) is 2.91. The molecule has 26 heavy (non-hydrogen) atoms. The zero-order valence-corrected chi connectivity index (χ0v) is 14.9. The predicted octanol–water partition coefficient (Wildman–Crippen LogP) is 2.68. The molecule has 0 aromatic heterocycles. The molecule has 1 aliphatic rings. The molecule has 0 unspecified atom stereocenters. The Labute approximate surface area is 157 Å². The summed E-state index contributed by atoms with van der Waals surface area (Å²) in [5.41, 5.74) is 2.04. The van der Waals surface area contributed by atoms with Crippen LogP contribution in [0.3, 0.4) is 0 Å². The van der Waals surface area contributed by atoms with Gasteiger partial charge in [0, 0.05) is 37.6 Å². The van der Waals surface area contributed by atoms with Crippen LogP contribution < -0.4 is 10.2 Å². The van der Waals surface area contributed by atoms with Crippen LogP contribution in [-0.2, 0) is 4.79 Å². The van der Waals surface area contributed by atoms with Gasteiger partial charge in [-0.2, -0.15) is 5.26 Å². The molecular formula is C19H19ClN4O2. The first-order valence-corrected chi connectivity index (χ1v) is 8.69. The van der Waals surface area contributed by atoms with Crippen molar-refractivity contribution in [1.82, 2.24) is 4.90 Å². The Balaban J connectivity index is 1.49. The van der Waals surface area contributed by atoms with E-state index in [-0.39, 0.29) is 11.7 Å². The van der Waals surface area contributed by atoms with Gasteiger partial charge in [0.25, 0.3) is 0 Å². The van der Waals surface area contributed by atoms with Crippen molar-refractivity contribution in [1.29, 1.82) is 5.26 Å². The summed E-state index contributed by atoms with van der Waals surface area (Å²) in [6.07, 6.45) is 0. The molecule has 134 valence electrons. The molecule has 1 fully saturated rings. The fourth-order valence-corrected chi connectivity index (χ4v) is 3.14. The average molecular weight is 371 g/mol. The van der Waals surface area contributed by atoms with E-state index in [1.54, 1.807) is 30.3 Å². The van der Waals surface area contributed by atoms with Crippen LogP contribution in [0, 0.1) is 11.3 Å². The Morgan fingerprint density at radius 2 is 1.85 bits per heavy atom. The second kappa shape index (κ2) is 8.09. The van der Waals surface area contributed by atoms with Crippen LogP contribution >= 0.6 is 11.6 Å². The number of amides is 1. The number of anilines is 2. The Morgan fingerprint density at radius 1 is 1.15 bits per heavy atom. The molecule has 6 nitrogen and oxygen atoms in total. The maximum absolute atomic E-state index is 12.2. The quantitative estimate of drug-likeness (QED) is 0.865. The van der Waals surface area contributed by atoms with E-state index in [4.69, 9.17) is 16.9 Å². The van der Waals surface area contributed by atoms with E-state index < -0.39 is 0 Å². The largest absolute Gasteiger partial charge is 0.508 e. The molecule has 0 saturated carbocycles. The Bertz CT molecular complexity index is 824. The number of nitrogens with one attached hydrogen (secondary N) is 1. The van der Waals surface area contributed by atoms with E-state index in [9.17, 15) is 9.90 Å². The minimum absolute atomic E-state index is 0.108. The monoisotopic (exact) mass is 370 g/mol. The van der Waals surface area contributed by atoms with Gasteiger partial charge in [0.1, 0.15) is 11.8 Å². The Hall–Kier alpha value is -2.75. The van der Waals surface area contributed by atoms with Crippen LogP contribution in [0.1, 0.15) is 5.56 Å². The summed E-state index contributed by atoms with van der Waals surface area (Å²) in [6, 6.07) is 14.0. The number of halogens is 1. The maximum atomic E-state index is 12.2. The van der Waals surface area contributed by atoms with Crippen molar-refractivity contribution in [3.63, 3.8) is 0 Å². The van der Waals surface area contributed by atoms with Crippen LogP contribution in [0.15, 0.2) is 42.5 Å². The number of aromatic hydroxyl groups is 1. The van der Waals surface area contributed by atoms with Crippen molar-refractivity contribution in [2.24, 2.45) is 0 Å². The molecule has 0 spiro atoms. The van der Waals surface area contributed by atoms with Crippen molar-refractivity contribution < 1.29 is 9.90 Å². The van der Waals surface area contributed by atoms with E-state index in [1.807, 2.05) is 18.2 Å². The molecule has 2 aromatic carbocycles. The minimum Gasteiger partial charge on any atom is -0.508 e. The van der Waals surface area contributed by atoms with Crippen LogP contribution in [0.5, 0.6) is 5.75 Å². The van der Waals surface area contributed by atoms with Crippen molar-refractivity contribution in [2.45, 2.75) is 0 Å². The first-order valence-electron chi connectivity index (χ1n) is 8.31. The maximum Gasteiger partial charge on any atom is 0.238 e. The van der Waals surface area contributed by atoms with Gasteiger partial charge in [0.2, 0.25) is 5.91 Å². The molecule has 7 heteroatoms. The third-order valence-corrected chi connectivity index (χ3v) is 4.64. The summed E-state index contributed by atoms with van der Waals surface area (Å²) < 4.78 is 0. The summed E-state index contributed by atoms with van der Waals surface area (Å²) in [4.78, 5) is 16.6. The van der Waals surface area contributed by atoms with E-state index in [2.05, 4.69) is 15.1 Å². The lowest BCUT2D eigenvalue weighted by molar-refractivity contribution is -0.117. The van der Waals surface area contributed by atoms with Crippen LogP contribution in [0.4, 0.5) is 11.4 Å². The molecule has 0 bridgehead atoms. The molecule has 0 radical (unpaired) electrons. The highest BCUT2D eigenvalue weighted by Gasteiger charge is 2.19. The van der Waals surface area contributed by atoms with Gasteiger partial charge in [-0.25, -0.2) is 0 Å². The van der Waals surface area contributed by atoms with Gasteiger partial charge in [0.15, 0.2) is 0 Å². The lowest BCUT2D eigenvalue weighted by atomic mass is 10.2. The van der Waals surface area contributed by atoms with Crippen LogP contribution in [-0.4, -0.2) is 48.6 Å². The number of benzene rings is 2. The number of phenolic OH excluding ortho intramolecular Hbond substituents is 1. The average Bonchev–Trinajstić information content (AvgIpc) is 2.63. The first kappa shape index (κ1) is 18.1. The van der Waals surface area contributed by atoms with Crippen molar-refractivity contribution >= 4 is 28.9 Å². The second-order valence-electron chi connectivity index (χ2n) is 6.13. The molecule has 0 atom stereocenters. The highest BCUT2D eigenvalue weighted by Crippen LogP contribution is 2.21. The SMILES string of the molecule is N#Cc1ccc(NC(=O)CN2CCN(c3ccc(O)cc3)CC2)cc1Cl. The summed E-state index contributed by atoms with van der Waals surface area (Å²) in [7, 11) is 0. The molecule has 1 amide bonds. The number of nitriles is 1. The van der Waals surface area contributed by atoms with Gasteiger partial charge in [-0.1, -0.05) is 11.6 Å². The minimum atomic E-state index is -0.108. The van der Waals surface area contributed by atoms with Gasteiger partial charge in [-0.15, -0.1) is 0 Å². The van der Waals surface area contributed by atoms with Crippen LogP contribution in [0.2, 0.25) is 5.02 Å². The van der Waals surface area contributed by atoms with Gasteiger partial charge < -0.3 is 15.3 Å². The van der Waals surface area contributed by atoms with Gasteiger partial charge in [-0.05, 0) is 42.5 Å². The smallest absolute Gasteiger partial charge is 0.238 e. The third-order valence-electron chi connectivity index (χ3n) is 4.33. The molecule has 0 aliphatic carbocycles.